The monoisotopic (exact) mass is 340 g/mol. The maximum Gasteiger partial charge on any atom is 0.252 e. The topological polar surface area (TPSA) is 93.9 Å². The molecule has 0 atom stereocenters. The summed E-state index contributed by atoms with van der Waals surface area (Å²) in [6.07, 6.45) is 3.66. The third-order valence-corrected chi connectivity index (χ3v) is 4.39. The molecule has 1 amide bonds. The zero-order valence-corrected chi connectivity index (χ0v) is 13.7. The Hall–Kier alpha value is -2.96. The molecule has 1 aliphatic rings. The van der Waals surface area contributed by atoms with Gasteiger partial charge in [-0.25, -0.2) is 14.4 Å². The number of nitrogens with two attached hydrogens (primary N) is 1. The first-order chi connectivity index (χ1) is 12.0. The number of aromatic nitrogens is 3. The number of fused-ring (bicyclic) bond motifs is 1. The summed E-state index contributed by atoms with van der Waals surface area (Å²) in [5.74, 6) is 0.162. The number of H-pyrrole nitrogens is 1. The molecular formula is C18H17FN4O2. The number of halogens is 1. The molecule has 0 radical (unpaired) electrons. The van der Waals surface area contributed by atoms with Crippen LogP contribution < -0.4 is 10.5 Å². The molecule has 3 aromatic rings. The maximum atomic E-state index is 13.9. The fourth-order valence-corrected chi connectivity index (χ4v) is 2.93. The van der Waals surface area contributed by atoms with E-state index in [0.717, 1.165) is 12.8 Å². The van der Waals surface area contributed by atoms with Crippen molar-refractivity contribution in [1.82, 2.24) is 15.0 Å². The van der Waals surface area contributed by atoms with Crippen LogP contribution in [0.3, 0.4) is 0 Å². The first-order valence-corrected chi connectivity index (χ1v) is 8.10. The highest BCUT2D eigenvalue weighted by Crippen LogP contribution is 2.36. The largest absolute Gasteiger partial charge is 0.493 e. The van der Waals surface area contributed by atoms with Crippen molar-refractivity contribution < 1.29 is 13.9 Å². The molecule has 0 unspecified atom stereocenters. The second-order valence-electron chi connectivity index (χ2n) is 6.33. The summed E-state index contributed by atoms with van der Waals surface area (Å²) in [5, 5.41) is 0. The smallest absolute Gasteiger partial charge is 0.252 e. The zero-order valence-electron chi connectivity index (χ0n) is 13.7. The Kier molecular flexibility index (Phi) is 3.63. The van der Waals surface area contributed by atoms with Crippen LogP contribution in [0.15, 0.2) is 24.5 Å². The number of primary amides is 1. The molecule has 6 nitrogen and oxygen atoms in total. The van der Waals surface area contributed by atoms with Gasteiger partial charge < -0.3 is 15.5 Å². The van der Waals surface area contributed by atoms with E-state index in [1.807, 2.05) is 0 Å². The number of benzene rings is 1. The second-order valence-corrected chi connectivity index (χ2v) is 6.33. The van der Waals surface area contributed by atoms with Crippen LogP contribution in [-0.4, -0.2) is 27.5 Å². The van der Waals surface area contributed by atoms with Crippen molar-refractivity contribution in [3.05, 3.63) is 41.6 Å². The molecule has 128 valence electrons. The van der Waals surface area contributed by atoms with Crippen LogP contribution in [0.4, 0.5) is 4.39 Å². The van der Waals surface area contributed by atoms with Crippen LogP contribution in [0, 0.1) is 18.7 Å². The van der Waals surface area contributed by atoms with Gasteiger partial charge in [0.25, 0.3) is 5.91 Å². The molecule has 4 rings (SSSR count). The number of ether oxygens (including phenoxy) is 1. The molecule has 0 spiro atoms. The molecular weight excluding hydrogens is 323 g/mol. The molecule has 0 aliphatic heterocycles. The van der Waals surface area contributed by atoms with Crippen LogP contribution in [0.5, 0.6) is 5.75 Å². The molecule has 25 heavy (non-hydrogen) atoms. The van der Waals surface area contributed by atoms with Gasteiger partial charge in [0.2, 0.25) is 0 Å². The fourth-order valence-electron chi connectivity index (χ4n) is 2.93. The summed E-state index contributed by atoms with van der Waals surface area (Å²) in [5.41, 5.74) is 8.32. The Morgan fingerprint density at radius 3 is 2.92 bits per heavy atom. The van der Waals surface area contributed by atoms with E-state index in [0.29, 0.717) is 51.8 Å². The second kappa shape index (κ2) is 5.84. The SMILES string of the molecule is Cc1[nH]c2c(-c3cc(F)ccc3OCC3CC3)ncnc2c1C(N)=O. The highest BCUT2D eigenvalue weighted by molar-refractivity contribution is 6.08. The molecule has 0 saturated heterocycles. The Labute approximate surface area is 143 Å². The van der Waals surface area contributed by atoms with E-state index in [9.17, 15) is 9.18 Å². The number of amides is 1. The van der Waals surface area contributed by atoms with E-state index in [-0.39, 0.29) is 5.82 Å². The van der Waals surface area contributed by atoms with Crippen LogP contribution in [0.2, 0.25) is 0 Å². The Balaban J connectivity index is 1.88. The highest BCUT2D eigenvalue weighted by atomic mass is 19.1. The molecule has 1 aromatic carbocycles. The summed E-state index contributed by atoms with van der Waals surface area (Å²) in [6.45, 7) is 2.34. The molecule has 3 N–H and O–H groups in total. The van der Waals surface area contributed by atoms with Crippen molar-refractivity contribution in [1.29, 1.82) is 0 Å². The van der Waals surface area contributed by atoms with Crippen molar-refractivity contribution in [2.75, 3.05) is 6.61 Å². The standard InChI is InChI=1S/C18H17FN4O2/c1-9-14(18(20)24)16-17(23-9)15(21-8-22-16)12-6-11(19)4-5-13(12)25-7-10-2-3-10/h4-6,8,10,23H,2-3,7H2,1H3,(H2,20,24). The van der Waals surface area contributed by atoms with Gasteiger partial charge in [-0.2, -0.15) is 0 Å². The number of hydrogen-bond acceptors (Lipinski definition) is 4. The van der Waals surface area contributed by atoms with Crippen LogP contribution in [0.1, 0.15) is 28.9 Å². The molecule has 1 saturated carbocycles. The van der Waals surface area contributed by atoms with E-state index in [2.05, 4.69) is 15.0 Å². The van der Waals surface area contributed by atoms with Gasteiger partial charge in [-0.05, 0) is 43.9 Å². The van der Waals surface area contributed by atoms with Crippen molar-refractivity contribution in [2.24, 2.45) is 11.7 Å². The predicted octanol–water partition coefficient (Wildman–Crippen LogP) is 2.96. The van der Waals surface area contributed by atoms with Crippen LogP contribution >= 0.6 is 0 Å². The number of nitrogens with zero attached hydrogens (tertiary/aromatic N) is 2. The van der Waals surface area contributed by atoms with Gasteiger partial charge in [0.05, 0.1) is 17.7 Å². The quantitative estimate of drug-likeness (QED) is 0.746. The minimum Gasteiger partial charge on any atom is -0.493 e. The summed E-state index contributed by atoms with van der Waals surface area (Å²) in [7, 11) is 0. The number of aromatic amines is 1. The molecule has 1 aliphatic carbocycles. The lowest BCUT2D eigenvalue weighted by atomic mass is 10.1. The first-order valence-electron chi connectivity index (χ1n) is 8.10. The predicted molar refractivity (Wildman–Crippen MR) is 90.8 cm³/mol. The number of rotatable bonds is 5. The van der Waals surface area contributed by atoms with Gasteiger partial charge in [0.15, 0.2) is 0 Å². The van der Waals surface area contributed by atoms with Gasteiger partial charge in [0, 0.05) is 11.3 Å². The van der Waals surface area contributed by atoms with E-state index >= 15 is 0 Å². The van der Waals surface area contributed by atoms with Crippen molar-refractivity contribution in [3.8, 4) is 17.0 Å². The highest BCUT2D eigenvalue weighted by Gasteiger charge is 2.24. The zero-order chi connectivity index (χ0) is 17.6. The Bertz CT molecular complexity index is 979. The summed E-state index contributed by atoms with van der Waals surface area (Å²) >= 11 is 0. The van der Waals surface area contributed by atoms with Gasteiger partial charge >= 0.3 is 0 Å². The lowest BCUT2D eigenvalue weighted by Gasteiger charge is -2.11. The van der Waals surface area contributed by atoms with E-state index in [1.54, 1.807) is 13.0 Å². The van der Waals surface area contributed by atoms with Crippen molar-refractivity contribution in [3.63, 3.8) is 0 Å². The number of carbonyl (C=O) groups is 1. The lowest BCUT2D eigenvalue weighted by molar-refractivity contribution is 0.100. The first kappa shape index (κ1) is 15.6. The van der Waals surface area contributed by atoms with Crippen LogP contribution in [0.25, 0.3) is 22.3 Å². The van der Waals surface area contributed by atoms with E-state index in [4.69, 9.17) is 10.5 Å². The maximum absolute atomic E-state index is 13.9. The van der Waals surface area contributed by atoms with Gasteiger partial charge in [-0.1, -0.05) is 0 Å². The van der Waals surface area contributed by atoms with Gasteiger partial charge in [-0.3, -0.25) is 4.79 Å². The number of hydrogen-bond donors (Lipinski definition) is 2. The summed E-state index contributed by atoms with van der Waals surface area (Å²) < 4.78 is 19.7. The van der Waals surface area contributed by atoms with Gasteiger partial charge in [-0.15, -0.1) is 0 Å². The molecule has 7 heteroatoms. The van der Waals surface area contributed by atoms with Crippen molar-refractivity contribution in [2.45, 2.75) is 19.8 Å². The summed E-state index contributed by atoms with van der Waals surface area (Å²) in [4.78, 5) is 23.3. The third-order valence-electron chi connectivity index (χ3n) is 4.39. The molecule has 2 aromatic heterocycles. The van der Waals surface area contributed by atoms with Crippen LogP contribution in [-0.2, 0) is 0 Å². The van der Waals surface area contributed by atoms with Crippen molar-refractivity contribution >= 4 is 16.9 Å². The number of aryl methyl sites for hydroxylation is 1. The third kappa shape index (κ3) is 2.82. The lowest BCUT2D eigenvalue weighted by Crippen LogP contribution is -2.12. The molecule has 2 heterocycles. The molecule has 0 bridgehead atoms. The Morgan fingerprint density at radius 1 is 1.40 bits per heavy atom. The minimum atomic E-state index is -0.571. The van der Waals surface area contributed by atoms with E-state index < -0.39 is 5.91 Å². The number of carbonyl (C=O) groups excluding carboxylic acids is 1. The average molecular weight is 340 g/mol. The number of nitrogens with one attached hydrogen (secondary N) is 1. The normalized spacial score (nSPS) is 14.0. The average Bonchev–Trinajstić information content (AvgIpc) is 3.33. The fraction of sp³-hybridized carbons (Fsp3) is 0.278. The van der Waals surface area contributed by atoms with E-state index in [1.165, 1.54) is 18.5 Å². The van der Waals surface area contributed by atoms with Gasteiger partial charge in [0.1, 0.15) is 29.1 Å². The molecule has 1 fully saturated rings. The summed E-state index contributed by atoms with van der Waals surface area (Å²) in [6, 6.07) is 4.34. The Morgan fingerprint density at radius 2 is 2.20 bits per heavy atom. The minimum absolute atomic E-state index is 0.315.